The van der Waals surface area contributed by atoms with Crippen molar-refractivity contribution in [1.82, 2.24) is 15.5 Å². The van der Waals surface area contributed by atoms with Gasteiger partial charge in [-0.1, -0.05) is 17.3 Å². The zero-order chi connectivity index (χ0) is 11.2. The second-order valence-corrected chi connectivity index (χ2v) is 3.30. The van der Waals surface area contributed by atoms with E-state index in [1.807, 2.05) is 24.3 Å². The molecule has 0 aliphatic carbocycles. The van der Waals surface area contributed by atoms with Gasteiger partial charge in [0, 0.05) is 6.54 Å². The van der Waals surface area contributed by atoms with Gasteiger partial charge >= 0.3 is 0 Å². The maximum absolute atomic E-state index is 5.14. The molecule has 84 valence electrons. The van der Waals surface area contributed by atoms with Crippen LogP contribution < -0.4 is 10.1 Å². The Hall–Kier alpha value is -1.88. The third-order valence-electron chi connectivity index (χ3n) is 2.15. The molecule has 5 heteroatoms. The SMILES string of the molecule is COc1cccc(CNCc2ncon2)c1. The predicted molar refractivity (Wildman–Crippen MR) is 57.8 cm³/mol. The minimum absolute atomic E-state index is 0.591. The molecule has 2 aromatic rings. The summed E-state index contributed by atoms with van der Waals surface area (Å²) >= 11 is 0. The number of rotatable bonds is 5. The lowest BCUT2D eigenvalue weighted by Crippen LogP contribution is -2.13. The van der Waals surface area contributed by atoms with E-state index >= 15 is 0 Å². The van der Waals surface area contributed by atoms with E-state index in [0.717, 1.165) is 17.9 Å². The average molecular weight is 219 g/mol. The molecule has 0 aliphatic rings. The molecule has 0 amide bonds. The van der Waals surface area contributed by atoms with Gasteiger partial charge < -0.3 is 14.6 Å². The minimum Gasteiger partial charge on any atom is -0.497 e. The van der Waals surface area contributed by atoms with Crippen molar-refractivity contribution in [2.24, 2.45) is 0 Å². The van der Waals surface area contributed by atoms with Crippen LogP contribution in [-0.4, -0.2) is 17.3 Å². The van der Waals surface area contributed by atoms with Gasteiger partial charge in [0.2, 0.25) is 6.39 Å². The van der Waals surface area contributed by atoms with E-state index in [-0.39, 0.29) is 0 Å². The van der Waals surface area contributed by atoms with E-state index in [4.69, 9.17) is 4.74 Å². The fraction of sp³-hybridized carbons (Fsp3) is 0.273. The summed E-state index contributed by atoms with van der Waals surface area (Å²) in [6.45, 7) is 1.33. The molecule has 0 saturated carbocycles. The first-order valence-electron chi connectivity index (χ1n) is 4.97. The number of ether oxygens (including phenoxy) is 1. The quantitative estimate of drug-likeness (QED) is 0.822. The highest BCUT2D eigenvalue weighted by molar-refractivity contribution is 5.28. The third-order valence-corrected chi connectivity index (χ3v) is 2.15. The van der Waals surface area contributed by atoms with Crippen LogP contribution in [0.3, 0.4) is 0 Å². The minimum atomic E-state index is 0.591. The van der Waals surface area contributed by atoms with Crippen LogP contribution in [0, 0.1) is 0 Å². The predicted octanol–water partition coefficient (Wildman–Crippen LogP) is 1.37. The number of hydrogen-bond acceptors (Lipinski definition) is 5. The molecule has 0 radical (unpaired) electrons. The van der Waals surface area contributed by atoms with Crippen molar-refractivity contribution in [3.63, 3.8) is 0 Å². The highest BCUT2D eigenvalue weighted by Gasteiger charge is 1.98. The summed E-state index contributed by atoms with van der Waals surface area (Å²) in [6.07, 6.45) is 1.32. The smallest absolute Gasteiger partial charge is 0.213 e. The lowest BCUT2D eigenvalue weighted by Gasteiger charge is -2.04. The Morgan fingerprint density at radius 1 is 1.38 bits per heavy atom. The molecule has 16 heavy (non-hydrogen) atoms. The Kier molecular flexibility index (Phi) is 3.50. The molecule has 1 N–H and O–H groups in total. The van der Waals surface area contributed by atoms with Gasteiger partial charge in [-0.3, -0.25) is 0 Å². The Bertz CT molecular complexity index is 429. The monoisotopic (exact) mass is 219 g/mol. The molecule has 0 aliphatic heterocycles. The molecule has 0 unspecified atom stereocenters. The van der Waals surface area contributed by atoms with Crippen LogP contribution in [0.4, 0.5) is 0 Å². The molecule has 0 spiro atoms. The Balaban J connectivity index is 1.85. The zero-order valence-electron chi connectivity index (χ0n) is 9.01. The van der Waals surface area contributed by atoms with Gasteiger partial charge in [0.25, 0.3) is 0 Å². The van der Waals surface area contributed by atoms with Gasteiger partial charge in [-0.25, -0.2) is 0 Å². The molecule has 0 saturated heterocycles. The van der Waals surface area contributed by atoms with Gasteiger partial charge in [-0.05, 0) is 17.7 Å². The largest absolute Gasteiger partial charge is 0.497 e. The number of nitrogens with one attached hydrogen (secondary N) is 1. The average Bonchev–Trinajstić information content (AvgIpc) is 2.82. The van der Waals surface area contributed by atoms with Gasteiger partial charge in [0.05, 0.1) is 13.7 Å². The Morgan fingerprint density at radius 2 is 2.31 bits per heavy atom. The van der Waals surface area contributed by atoms with Crippen molar-refractivity contribution in [1.29, 1.82) is 0 Å². The number of aromatic nitrogens is 2. The second-order valence-electron chi connectivity index (χ2n) is 3.30. The first kappa shape index (κ1) is 10.6. The lowest BCUT2D eigenvalue weighted by molar-refractivity contribution is 0.407. The molecular formula is C11H13N3O2. The van der Waals surface area contributed by atoms with E-state index in [9.17, 15) is 0 Å². The van der Waals surface area contributed by atoms with Crippen LogP contribution in [-0.2, 0) is 13.1 Å². The number of hydrogen-bond donors (Lipinski definition) is 1. The van der Waals surface area contributed by atoms with E-state index in [2.05, 4.69) is 20.0 Å². The van der Waals surface area contributed by atoms with Gasteiger partial charge in [0.1, 0.15) is 5.75 Å². The normalized spacial score (nSPS) is 10.3. The highest BCUT2D eigenvalue weighted by Crippen LogP contribution is 2.12. The molecule has 5 nitrogen and oxygen atoms in total. The van der Waals surface area contributed by atoms with E-state index in [1.54, 1.807) is 7.11 Å². The summed E-state index contributed by atoms with van der Waals surface area (Å²) in [5, 5.41) is 6.92. The molecule has 0 atom stereocenters. The van der Waals surface area contributed by atoms with Crippen molar-refractivity contribution < 1.29 is 9.26 Å². The number of methoxy groups -OCH3 is 1. The summed E-state index contributed by atoms with van der Waals surface area (Å²) in [4.78, 5) is 3.92. The van der Waals surface area contributed by atoms with Crippen molar-refractivity contribution >= 4 is 0 Å². The van der Waals surface area contributed by atoms with E-state index in [1.165, 1.54) is 6.39 Å². The third kappa shape index (κ3) is 2.80. The van der Waals surface area contributed by atoms with Crippen LogP contribution in [0.5, 0.6) is 5.75 Å². The standard InChI is InChI=1S/C11H13N3O2/c1-15-10-4-2-3-9(5-10)6-12-7-11-13-8-16-14-11/h2-5,8,12H,6-7H2,1H3. The zero-order valence-corrected chi connectivity index (χ0v) is 9.01. The molecule has 1 aromatic carbocycles. The molecular weight excluding hydrogens is 206 g/mol. The second kappa shape index (κ2) is 5.27. The summed E-state index contributed by atoms with van der Waals surface area (Å²) in [7, 11) is 1.66. The first-order chi connectivity index (χ1) is 7.88. The van der Waals surface area contributed by atoms with Crippen molar-refractivity contribution in [2.75, 3.05) is 7.11 Å². The molecule has 0 fully saturated rings. The van der Waals surface area contributed by atoms with Crippen LogP contribution in [0.2, 0.25) is 0 Å². The van der Waals surface area contributed by atoms with Gasteiger partial charge in [0.15, 0.2) is 5.82 Å². The van der Waals surface area contributed by atoms with Crippen molar-refractivity contribution in [3.05, 3.63) is 42.0 Å². The van der Waals surface area contributed by atoms with Crippen LogP contribution in [0.15, 0.2) is 35.2 Å². The van der Waals surface area contributed by atoms with Crippen molar-refractivity contribution in [2.45, 2.75) is 13.1 Å². The molecule has 1 aromatic heterocycles. The fourth-order valence-electron chi connectivity index (χ4n) is 1.37. The summed E-state index contributed by atoms with van der Waals surface area (Å²) in [6, 6.07) is 7.90. The Labute approximate surface area is 93.4 Å². The van der Waals surface area contributed by atoms with Crippen LogP contribution in [0.1, 0.15) is 11.4 Å². The van der Waals surface area contributed by atoms with Crippen LogP contribution >= 0.6 is 0 Å². The summed E-state index contributed by atoms with van der Waals surface area (Å²) < 4.78 is 9.77. The molecule has 1 heterocycles. The van der Waals surface area contributed by atoms with E-state index < -0.39 is 0 Å². The highest BCUT2D eigenvalue weighted by atomic mass is 16.5. The maximum Gasteiger partial charge on any atom is 0.213 e. The number of nitrogens with zero attached hydrogens (tertiary/aromatic N) is 2. The van der Waals surface area contributed by atoms with E-state index in [0.29, 0.717) is 12.4 Å². The van der Waals surface area contributed by atoms with Gasteiger partial charge in [-0.15, -0.1) is 0 Å². The lowest BCUT2D eigenvalue weighted by atomic mass is 10.2. The first-order valence-corrected chi connectivity index (χ1v) is 4.97. The van der Waals surface area contributed by atoms with Gasteiger partial charge in [-0.2, -0.15) is 4.98 Å². The Morgan fingerprint density at radius 3 is 3.06 bits per heavy atom. The fourth-order valence-corrected chi connectivity index (χ4v) is 1.37. The maximum atomic E-state index is 5.14. The number of benzene rings is 1. The van der Waals surface area contributed by atoms with Crippen LogP contribution in [0.25, 0.3) is 0 Å². The summed E-state index contributed by atoms with van der Waals surface area (Å²) in [5.41, 5.74) is 1.16. The topological polar surface area (TPSA) is 60.2 Å². The molecule has 2 rings (SSSR count). The summed E-state index contributed by atoms with van der Waals surface area (Å²) in [5.74, 6) is 1.52. The molecule has 0 bridgehead atoms. The van der Waals surface area contributed by atoms with Crippen molar-refractivity contribution in [3.8, 4) is 5.75 Å².